The minimum Gasteiger partial charge on any atom is -0.384 e. The van der Waals surface area contributed by atoms with Crippen molar-refractivity contribution >= 4 is 5.69 Å². The molecule has 0 aromatic heterocycles. The summed E-state index contributed by atoms with van der Waals surface area (Å²) in [6, 6.07) is 14.0. The summed E-state index contributed by atoms with van der Waals surface area (Å²) < 4.78 is 14.5. The number of benzene rings is 2. The third-order valence-corrected chi connectivity index (χ3v) is 3.75. The first-order valence-electron chi connectivity index (χ1n) is 6.79. The molecular formula is C17H18FN. The van der Waals surface area contributed by atoms with Gasteiger partial charge in [-0.3, -0.25) is 0 Å². The fourth-order valence-corrected chi connectivity index (χ4v) is 2.67. The third kappa shape index (κ3) is 2.48. The van der Waals surface area contributed by atoms with Crippen molar-refractivity contribution in [2.24, 2.45) is 0 Å². The second-order valence-corrected chi connectivity index (χ2v) is 5.22. The van der Waals surface area contributed by atoms with Gasteiger partial charge in [-0.05, 0) is 24.5 Å². The van der Waals surface area contributed by atoms with Gasteiger partial charge in [0.2, 0.25) is 0 Å². The molecule has 1 N–H and O–H groups in total. The number of anilines is 1. The molecule has 0 saturated heterocycles. The Hall–Kier alpha value is -1.83. The number of alkyl halides is 1. The molecular weight excluding hydrogens is 237 g/mol. The van der Waals surface area contributed by atoms with Gasteiger partial charge in [0, 0.05) is 24.2 Å². The average Bonchev–Trinajstić information content (AvgIpc) is 2.89. The molecule has 2 aromatic carbocycles. The number of halogens is 1. The molecule has 1 heterocycles. The summed E-state index contributed by atoms with van der Waals surface area (Å²) in [7, 11) is 0. The van der Waals surface area contributed by atoms with Crippen LogP contribution in [0.25, 0.3) is 0 Å². The third-order valence-electron chi connectivity index (χ3n) is 3.75. The maximum absolute atomic E-state index is 14.5. The van der Waals surface area contributed by atoms with E-state index < -0.39 is 6.17 Å². The summed E-state index contributed by atoms with van der Waals surface area (Å²) >= 11 is 0. The second-order valence-electron chi connectivity index (χ2n) is 5.22. The lowest BCUT2D eigenvalue weighted by molar-refractivity contribution is 0.343. The van der Waals surface area contributed by atoms with Gasteiger partial charge in [0.1, 0.15) is 6.17 Å². The number of para-hydroxylation sites is 1. The predicted molar refractivity (Wildman–Crippen MR) is 77.4 cm³/mol. The Morgan fingerprint density at radius 2 is 1.95 bits per heavy atom. The quantitative estimate of drug-likeness (QED) is 0.866. The zero-order valence-corrected chi connectivity index (χ0v) is 11.1. The smallest absolute Gasteiger partial charge is 0.131 e. The van der Waals surface area contributed by atoms with Crippen LogP contribution in [0.15, 0.2) is 42.5 Å². The Morgan fingerprint density at radius 1 is 1.16 bits per heavy atom. The highest BCUT2D eigenvalue weighted by molar-refractivity contribution is 5.62. The molecule has 0 fully saturated rings. The van der Waals surface area contributed by atoms with E-state index in [1.165, 1.54) is 11.1 Å². The molecule has 1 atom stereocenters. The van der Waals surface area contributed by atoms with Crippen molar-refractivity contribution in [1.82, 2.24) is 0 Å². The molecule has 0 spiro atoms. The molecule has 3 rings (SSSR count). The molecule has 0 saturated carbocycles. The van der Waals surface area contributed by atoms with Crippen LogP contribution in [0, 0.1) is 6.92 Å². The summed E-state index contributed by atoms with van der Waals surface area (Å²) in [5, 5.41) is 3.30. The highest BCUT2D eigenvalue weighted by atomic mass is 19.1. The Labute approximate surface area is 113 Å². The first kappa shape index (κ1) is 12.2. The molecule has 2 heteroatoms. The van der Waals surface area contributed by atoms with Crippen molar-refractivity contribution < 1.29 is 4.39 Å². The number of hydrogen-bond acceptors (Lipinski definition) is 1. The summed E-state index contributed by atoms with van der Waals surface area (Å²) in [5.41, 5.74) is 5.32. The summed E-state index contributed by atoms with van der Waals surface area (Å²) in [4.78, 5) is 0. The molecule has 0 radical (unpaired) electrons. The average molecular weight is 255 g/mol. The maximum Gasteiger partial charge on any atom is 0.131 e. The lowest BCUT2D eigenvalue weighted by atomic mass is 9.98. The molecule has 1 aliphatic rings. The number of nitrogens with one attached hydrogen (secondary N) is 1. The molecule has 98 valence electrons. The molecule has 1 unspecified atom stereocenters. The van der Waals surface area contributed by atoms with E-state index in [0.717, 1.165) is 29.8 Å². The Morgan fingerprint density at radius 3 is 2.74 bits per heavy atom. The lowest BCUT2D eigenvalue weighted by Crippen LogP contribution is -2.02. The maximum atomic E-state index is 14.5. The molecule has 0 amide bonds. The monoisotopic (exact) mass is 255 g/mol. The van der Waals surface area contributed by atoms with Gasteiger partial charge in [0.25, 0.3) is 0 Å². The second kappa shape index (κ2) is 5.04. The van der Waals surface area contributed by atoms with Gasteiger partial charge in [-0.1, -0.05) is 48.0 Å². The largest absolute Gasteiger partial charge is 0.384 e. The van der Waals surface area contributed by atoms with E-state index in [0.29, 0.717) is 6.42 Å². The number of fused-ring (bicyclic) bond motifs is 1. The molecule has 0 aliphatic carbocycles. The van der Waals surface area contributed by atoms with E-state index in [1.54, 1.807) is 0 Å². The molecule has 1 aliphatic heterocycles. The minimum absolute atomic E-state index is 0.443. The highest BCUT2D eigenvalue weighted by Crippen LogP contribution is 2.34. The fraction of sp³-hybridized carbons (Fsp3) is 0.294. The standard InChI is InChI=1S/C17H18FN/c1-12-5-7-13(8-6-12)11-16(18)15-4-2-3-14-9-10-19-17(14)15/h2-8,16,19H,9-11H2,1H3. The zero-order chi connectivity index (χ0) is 13.2. The van der Waals surface area contributed by atoms with Gasteiger partial charge < -0.3 is 5.32 Å². The number of aryl methyl sites for hydroxylation is 1. The van der Waals surface area contributed by atoms with Crippen LogP contribution in [0.3, 0.4) is 0 Å². The van der Waals surface area contributed by atoms with Crippen LogP contribution in [0.1, 0.15) is 28.4 Å². The van der Waals surface area contributed by atoms with E-state index in [2.05, 4.69) is 11.4 Å². The van der Waals surface area contributed by atoms with Gasteiger partial charge in [0.15, 0.2) is 0 Å². The Kier molecular flexibility index (Phi) is 3.24. The number of hydrogen-bond donors (Lipinski definition) is 1. The van der Waals surface area contributed by atoms with Crippen molar-refractivity contribution in [2.45, 2.75) is 25.9 Å². The first-order valence-corrected chi connectivity index (χ1v) is 6.79. The van der Waals surface area contributed by atoms with Crippen LogP contribution in [0.5, 0.6) is 0 Å². The predicted octanol–water partition coefficient (Wildman–Crippen LogP) is 4.22. The first-order chi connectivity index (χ1) is 9.24. The molecule has 1 nitrogen and oxygen atoms in total. The molecule has 19 heavy (non-hydrogen) atoms. The van der Waals surface area contributed by atoms with Crippen LogP contribution >= 0.6 is 0 Å². The van der Waals surface area contributed by atoms with E-state index in [9.17, 15) is 4.39 Å². The van der Waals surface area contributed by atoms with Gasteiger partial charge >= 0.3 is 0 Å². The minimum atomic E-state index is -0.941. The van der Waals surface area contributed by atoms with Crippen LogP contribution in [-0.2, 0) is 12.8 Å². The van der Waals surface area contributed by atoms with Crippen LogP contribution in [0.2, 0.25) is 0 Å². The fourth-order valence-electron chi connectivity index (χ4n) is 2.67. The van der Waals surface area contributed by atoms with Crippen molar-refractivity contribution in [3.63, 3.8) is 0 Å². The van der Waals surface area contributed by atoms with Gasteiger partial charge in [-0.25, -0.2) is 4.39 Å². The number of rotatable bonds is 3. The van der Waals surface area contributed by atoms with Gasteiger partial charge in [-0.15, -0.1) is 0 Å². The van der Waals surface area contributed by atoms with Crippen molar-refractivity contribution in [1.29, 1.82) is 0 Å². The zero-order valence-electron chi connectivity index (χ0n) is 11.1. The SMILES string of the molecule is Cc1ccc(CC(F)c2cccc3c2NCC3)cc1. The van der Waals surface area contributed by atoms with Crippen LogP contribution < -0.4 is 5.32 Å². The highest BCUT2D eigenvalue weighted by Gasteiger charge is 2.20. The van der Waals surface area contributed by atoms with Crippen LogP contribution in [-0.4, -0.2) is 6.54 Å². The summed E-state index contributed by atoms with van der Waals surface area (Å²) in [6.45, 7) is 2.97. The molecule has 0 bridgehead atoms. The topological polar surface area (TPSA) is 12.0 Å². The Bertz CT molecular complexity index is 574. The van der Waals surface area contributed by atoms with Crippen LogP contribution in [0.4, 0.5) is 10.1 Å². The van der Waals surface area contributed by atoms with E-state index in [4.69, 9.17) is 0 Å². The lowest BCUT2D eigenvalue weighted by Gasteiger charge is -2.13. The van der Waals surface area contributed by atoms with Crippen molar-refractivity contribution in [3.05, 3.63) is 64.7 Å². The van der Waals surface area contributed by atoms with E-state index in [-0.39, 0.29) is 0 Å². The Balaban J connectivity index is 1.83. The van der Waals surface area contributed by atoms with Crippen molar-refractivity contribution in [3.8, 4) is 0 Å². The van der Waals surface area contributed by atoms with Crippen molar-refractivity contribution in [2.75, 3.05) is 11.9 Å². The van der Waals surface area contributed by atoms with E-state index >= 15 is 0 Å². The van der Waals surface area contributed by atoms with Gasteiger partial charge in [0.05, 0.1) is 0 Å². The molecule has 2 aromatic rings. The van der Waals surface area contributed by atoms with E-state index in [1.807, 2.05) is 43.3 Å². The van der Waals surface area contributed by atoms with Gasteiger partial charge in [-0.2, -0.15) is 0 Å². The summed E-state index contributed by atoms with van der Waals surface area (Å²) in [6.07, 6.45) is 0.502. The normalized spacial score (nSPS) is 14.8. The summed E-state index contributed by atoms with van der Waals surface area (Å²) in [5.74, 6) is 0.